The SMILES string of the molecule is N#C[C@@H]1CCCN1C(=O)CN[C@H]1CC[C@H](C(=O)N2Cc3ccc([N+](=O)[O-])cc3C2)CC1. The minimum absolute atomic E-state index is 0.0221. The summed E-state index contributed by atoms with van der Waals surface area (Å²) in [4.78, 5) is 39.4. The zero-order chi connectivity index (χ0) is 22.0. The zero-order valence-electron chi connectivity index (χ0n) is 17.5. The Hall–Kier alpha value is -2.99. The standard InChI is InChI=1S/C22H27N5O4/c23-11-20-2-1-9-26(20)21(28)12-24-18-6-3-15(4-7-18)22(29)25-13-16-5-8-19(27(30)31)10-17(16)14-25/h5,8,10,15,18,20,24H,1-4,6-7,9,12-14H2/t15-,18-,20-/m0/s1. The maximum atomic E-state index is 13.0. The molecule has 0 radical (unpaired) electrons. The Balaban J connectivity index is 1.24. The van der Waals surface area contributed by atoms with E-state index in [9.17, 15) is 19.7 Å². The van der Waals surface area contributed by atoms with E-state index in [1.165, 1.54) is 6.07 Å². The average Bonchev–Trinajstić information content (AvgIpc) is 3.43. The van der Waals surface area contributed by atoms with Crippen molar-refractivity contribution in [3.8, 4) is 6.07 Å². The number of non-ortho nitro benzene ring substituents is 1. The summed E-state index contributed by atoms with van der Waals surface area (Å²) in [6, 6.07) is 6.91. The molecule has 1 saturated carbocycles. The Bertz CT molecular complexity index is 919. The van der Waals surface area contributed by atoms with Gasteiger partial charge < -0.3 is 15.1 Å². The number of carbonyl (C=O) groups excluding carboxylic acids is 2. The van der Waals surface area contributed by atoms with Crippen LogP contribution in [0.2, 0.25) is 0 Å². The van der Waals surface area contributed by atoms with Crippen molar-refractivity contribution in [1.29, 1.82) is 5.26 Å². The summed E-state index contributed by atoms with van der Waals surface area (Å²) < 4.78 is 0. The van der Waals surface area contributed by atoms with Crippen molar-refractivity contribution in [3.63, 3.8) is 0 Å². The molecule has 0 unspecified atom stereocenters. The molecule has 4 rings (SSSR count). The Morgan fingerprint density at radius 3 is 2.61 bits per heavy atom. The quantitative estimate of drug-likeness (QED) is 0.570. The van der Waals surface area contributed by atoms with Gasteiger partial charge in [0.05, 0.1) is 17.5 Å². The van der Waals surface area contributed by atoms with Crippen molar-refractivity contribution >= 4 is 17.5 Å². The molecule has 0 spiro atoms. The lowest BCUT2D eigenvalue weighted by Crippen LogP contribution is -2.45. The third kappa shape index (κ3) is 4.54. The second kappa shape index (κ2) is 9.02. The topological polar surface area (TPSA) is 120 Å². The molecule has 0 aromatic heterocycles. The zero-order valence-corrected chi connectivity index (χ0v) is 17.5. The number of hydrogen-bond acceptors (Lipinski definition) is 6. The number of nitriles is 1. The number of amides is 2. The predicted molar refractivity (Wildman–Crippen MR) is 111 cm³/mol. The monoisotopic (exact) mass is 425 g/mol. The van der Waals surface area contributed by atoms with E-state index in [0.717, 1.165) is 49.7 Å². The maximum absolute atomic E-state index is 13.0. The molecule has 1 aliphatic carbocycles. The van der Waals surface area contributed by atoms with Crippen LogP contribution in [0, 0.1) is 27.4 Å². The Kier molecular flexibility index (Phi) is 6.18. The lowest BCUT2D eigenvalue weighted by atomic mass is 9.85. The first-order valence-corrected chi connectivity index (χ1v) is 10.9. The fraction of sp³-hybridized carbons (Fsp3) is 0.591. The van der Waals surface area contributed by atoms with Crippen LogP contribution in [0.4, 0.5) is 5.69 Å². The molecular formula is C22H27N5O4. The number of likely N-dealkylation sites (tertiary alicyclic amines) is 1. The van der Waals surface area contributed by atoms with Crippen molar-refractivity contribution in [1.82, 2.24) is 15.1 Å². The molecule has 0 bridgehead atoms. The molecule has 1 aromatic carbocycles. The summed E-state index contributed by atoms with van der Waals surface area (Å²) in [5, 5.41) is 23.4. The number of nitrogens with one attached hydrogen (secondary N) is 1. The van der Waals surface area contributed by atoms with E-state index >= 15 is 0 Å². The molecule has 1 saturated heterocycles. The molecule has 31 heavy (non-hydrogen) atoms. The van der Waals surface area contributed by atoms with Gasteiger partial charge in [-0.05, 0) is 49.7 Å². The smallest absolute Gasteiger partial charge is 0.269 e. The van der Waals surface area contributed by atoms with Crippen molar-refractivity contribution in [3.05, 3.63) is 39.4 Å². The van der Waals surface area contributed by atoms with Crippen molar-refractivity contribution < 1.29 is 14.5 Å². The molecule has 164 valence electrons. The molecule has 9 heteroatoms. The van der Waals surface area contributed by atoms with Gasteiger partial charge in [-0.25, -0.2) is 0 Å². The van der Waals surface area contributed by atoms with E-state index in [4.69, 9.17) is 5.26 Å². The molecule has 1 atom stereocenters. The lowest BCUT2D eigenvalue weighted by Gasteiger charge is -2.31. The van der Waals surface area contributed by atoms with Gasteiger partial charge in [0.2, 0.25) is 11.8 Å². The molecule has 2 fully saturated rings. The van der Waals surface area contributed by atoms with Crippen LogP contribution in [0.15, 0.2) is 18.2 Å². The third-order valence-electron chi connectivity index (χ3n) is 6.78. The average molecular weight is 425 g/mol. The Labute approximate surface area is 181 Å². The lowest BCUT2D eigenvalue weighted by molar-refractivity contribution is -0.384. The molecule has 2 aliphatic heterocycles. The van der Waals surface area contributed by atoms with Crippen molar-refractivity contribution in [2.75, 3.05) is 13.1 Å². The first kappa shape index (κ1) is 21.2. The van der Waals surface area contributed by atoms with E-state index in [-0.39, 0.29) is 42.0 Å². The fourth-order valence-corrected chi connectivity index (χ4v) is 4.99. The van der Waals surface area contributed by atoms with Crippen LogP contribution >= 0.6 is 0 Å². The molecule has 1 aromatic rings. The van der Waals surface area contributed by atoms with E-state index < -0.39 is 4.92 Å². The molecule has 2 heterocycles. The van der Waals surface area contributed by atoms with Crippen molar-refractivity contribution in [2.45, 2.75) is 63.7 Å². The molecule has 2 amide bonds. The van der Waals surface area contributed by atoms with Crippen LogP contribution in [-0.2, 0) is 22.7 Å². The van der Waals surface area contributed by atoms with E-state index in [1.807, 2.05) is 0 Å². The van der Waals surface area contributed by atoms with Gasteiger partial charge >= 0.3 is 0 Å². The van der Waals surface area contributed by atoms with E-state index in [0.29, 0.717) is 19.6 Å². The maximum Gasteiger partial charge on any atom is 0.269 e. The molecule has 1 N–H and O–H groups in total. The number of rotatable bonds is 5. The van der Waals surface area contributed by atoms with Gasteiger partial charge in [0.15, 0.2) is 0 Å². The highest BCUT2D eigenvalue weighted by atomic mass is 16.6. The number of nitrogens with zero attached hydrogens (tertiary/aromatic N) is 4. The van der Waals surface area contributed by atoms with Gasteiger partial charge in [-0.15, -0.1) is 0 Å². The second-order valence-electron chi connectivity index (χ2n) is 8.71. The number of hydrogen-bond donors (Lipinski definition) is 1. The minimum atomic E-state index is -0.409. The summed E-state index contributed by atoms with van der Waals surface area (Å²) in [5.74, 6) is 0.0492. The number of nitro benzene ring substituents is 1. The first-order chi connectivity index (χ1) is 15.0. The number of carbonyl (C=O) groups is 2. The molecular weight excluding hydrogens is 398 g/mol. The van der Waals surface area contributed by atoms with Gasteiger partial charge in [0.1, 0.15) is 6.04 Å². The second-order valence-corrected chi connectivity index (χ2v) is 8.71. The summed E-state index contributed by atoms with van der Waals surface area (Å²) in [7, 11) is 0. The Morgan fingerprint density at radius 2 is 1.90 bits per heavy atom. The largest absolute Gasteiger partial charge is 0.334 e. The number of fused-ring (bicyclic) bond motifs is 1. The molecule has 3 aliphatic rings. The van der Waals surface area contributed by atoms with Crippen LogP contribution in [-0.4, -0.2) is 51.7 Å². The van der Waals surface area contributed by atoms with Crippen LogP contribution < -0.4 is 5.32 Å². The number of benzene rings is 1. The summed E-state index contributed by atoms with van der Waals surface area (Å²) in [5.41, 5.74) is 1.89. The highest BCUT2D eigenvalue weighted by molar-refractivity contribution is 5.80. The third-order valence-corrected chi connectivity index (χ3v) is 6.78. The summed E-state index contributed by atoms with van der Waals surface area (Å²) in [6.07, 6.45) is 4.83. The normalized spacial score (nSPS) is 25.2. The molecule has 9 nitrogen and oxygen atoms in total. The highest BCUT2D eigenvalue weighted by Gasteiger charge is 2.33. The van der Waals surface area contributed by atoms with Gasteiger partial charge in [0, 0.05) is 43.7 Å². The minimum Gasteiger partial charge on any atom is -0.334 e. The van der Waals surface area contributed by atoms with Crippen LogP contribution in [0.5, 0.6) is 0 Å². The van der Waals surface area contributed by atoms with Crippen LogP contribution in [0.1, 0.15) is 49.7 Å². The van der Waals surface area contributed by atoms with Crippen molar-refractivity contribution in [2.24, 2.45) is 5.92 Å². The summed E-state index contributed by atoms with van der Waals surface area (Å²) >= 11 is 0. The van der Waals surface area contributed by atoms with E-state index in [2.05, 4.69) is 11.4 Å². The van der Waals surface area contributed by atoms with Gasteiger partial charge in [-0.2, -0.15) is 5.26 Å². The van der Waals surface area contributed by atoms with Gasteiger partial charge in [-0.3, -0.25) is 19.7 Å². The predicted octanol–water partition coefficient (Wildman–Crippen LogP) is 2.10. The van der Waals surface area contributed by atoms with E-state index in [1.54, 1.807) is 21.9 Å². The van der Waals surface area contributed by atoms with Crippen LogP contribution in [0.25, 0.3) is 0 Å². The van der Waals surface area contributed by atoms with Gasteiger partial charge in [-0.1, -0.05) is 6.07 Å². The fourth-order valence-electron chi connectivity index (χ4n) is 4.99. The first-order valence-electron chi connectivity index (χ1n) is 10.9. The van der Waals surface area contributed by atoms with Gasteiger partial charge in [0.25, 0.3) is 5.69 Å². The Morgan fingerprint density at radius 1 is 1.16 bits per heavy atom. The summed E-state index contributed by atoms with van der Waals surface area (Å²) in [6.45, 7) is 1.83. The van der Waals surface area contributed by atoms with Crippen LogP contribution in [0.3, 0.4) is 0 Å². The number of nitro groups is 1. The highest BCUT2D eigenvalue weighted by Crippen LogP contribution is 2.31.